The number of carboxylic acid groups (broad SMARTS) is 2. The second kappa shape index (κ2) is 9.25. The molecule has 8 nitrogen and oxygen atoms in total. The van der Waals surface area contributed by atoms with Crippen LogP contribution in [0.25, 0.3) is 22.2 Å². The normalized spacial score (nSPS) is 11.7. The zero-order chi connectivity index (χ0) is 22.5. The highest BCUT2D eigenvalue weighted by molar-refractivity contribution is 5.88. The van der Waals surface area contributed by atoms with Gasteiger partial charge in [0, 0.05) is 17.5 Å². The molecule has 1 heterocycles. The number of carbonyl (C=O) groups is 3. The van der Waals surface area contributed by atoms with Gasteiger partial charge in [0.15, 0.2) is 0 Å². The Morgan fingerprint density at radius 3 is 2.35 bits per heavy atom. The third-order valence-electron chi connectivity index (χ3n) is 4.86. The molecule has 31 heavy (non-hydrogen) atoms. The fourth-order valence-electron chi connectivity index (χ4n) is 3.11. The molecular weight excluding hydrogens is 400 g/mol. The molecule has 1 atom stereocenters. The summed E-state index contributed by atoms with van der Waals surface area (Å²) in [5.74, 6) is -2.10. The first-order valence-electron chi connectivity index (χ1n) is 9.69. The summed E-state index contributed by atoms with van der Waals surface area (Å²) >= 11 is 0. The maximum atomic E-state index is 12.2. The Bertz CT molecular complexity index is 1130. The Hall–Kier alpha value is -3.94. The first-order chi connectivity index (χ1) is 14.8. The lowest BCUT2D eigenvalue weighted by Gasteiger charge is -2.25. The maximum absolute atomic E-state index is 12.2. The van der Waals surface area contributed by atoms with Crippen molar-refractivity contribution < 1.29 is 29.3 Å². The predicted molar refractivity (Wildman–Crippen MR) is 114 cm³/mol. The lowest BCUT2D eigenvalue weighted by molar-refractivity contribution is -0.142. The molecule has 0 aliphatic carbocycles. The average Bonchev–Trinajstić information content (AvgIpc) is 2.76. The van der Waals surface area contributed by atoms with E-state index in [2.05, 4.69) is 4.98 Å². The van der Waals surface area contributed by atoms with Gasteiger partial charge in [-0.3, -0.25) is 4.90 Å². The third kappa shape index (κ3) is 4.98. The van der Waals surface area contributed by atoms with E-state index in [1.54, 1.807) is 31.2 Å². The van der Waals surface area contributed by atoms with E-state index in [0.717, 1.165) is 22.0 Å². The second-order valence-corrected chi connectivity index (χ2v) is 6.95. The monoisotopic (exact) mass is 422 g/mol. The maximum Gasteiger partial charge on any atom is 0.410 e. The minimum absolute atomic E-state index is 0.0840. The summed E-state index contributed by atoms with van der Waals surface area (Å²) in [5, 5.41) is 19.2. The number of fused-ring (bicyclic) bond motifs is 1. The molecule has 2 aromatic carbocycles. The van der Waals surface area contributed by atoms with Crippen molar-refractivity contribution in [3.05, 3.63) is 65.7 Å². The highest BCUT2D eigenvalue weighted by Gasteiger charge is 2.26. The molecule has 8 heteroatoms. The van der Waals surface area contributed by atoms with E-state index >= 15 is 0 Å². The molecule has 0 radical (unpaired) electrons. The minimum Gasteiger partial charge on any atom is -0.480 e. The Morgan fingerprint density at radius 2 is 1.74 bits per heavy atom. The number of nitrogens with zero attached hydrogens (tertiary/aromatic N) is 2. The standard InChI is InChI=1S/C23H22N2O6/c1-3-31-23(30)25(14(2)21(26)27)13-15-4-10-20-18(12-15)9-11-19(24-20)16-5-7-17(8-6-16)22(28)29/h4-12,14H,3,13H2,1-2H3,(H,26,27)(H,28,29). The molecule has 3 aromatic rings. The van der Waals surface area contributed by atoms with Gasteiger partial charge in [-0.25, -0.2) is 19.4 Å². The summed E-state index contributed by atoms with van der Waals surface area (Å²) in [5.41, 5.74) is 3.16. The average molecular weight is 422 g/mol. The van der Waals surface area contributed by atoms with Crippen molar-refractivity contribution in [3.63, 3.8) is 0 Å². The van der Waals surface area contributed by atoms with Gasteiger partial charge in [-0.15, -0.1) is 0 Å². The Morgan fingerprint density at radius 1 is 1.03 bits per heavy atom. The van der Waals surface area contributed by atoms with Crippen molar-refractivity contribution >= 4 is 28.9 Å². The lowest BCUT2D eigenvalue weighted by atomic mass is 10.1. The molecule has 2 N–H and O–H groups in total. The summed E-state index contributed by atoms with van der Waals surface area (Å²) < 4.78 is 5.00. The Labute approximate surface area is 178 Å². The van der Waals surface area contributed by atoms with Gasteiger partial charge in [-0.05, 0) is 49.7 Å². The van der Waals surface area contributed by atoms with E-state index in [9.17, 15) is 19.5 Å². The number of carbonyl (C=O) groups excluding carboxylic acids is 1. The van der Waals surface area contributed by atoms with Gasteiger partial charge in [0.1, 0.15) is 6.04 Å². The number of pyridine rings is 1. The fraction of sp³-hybridized carbons (Fsp3) is 0.217. The summed E-state index contributed by atoms with van der Waals surface area (Å²) in [7, 11) is 0. The second-order valence-electron chi connectivity index (χ2n) is 6.95. The molecule has 1 unspecified atom stereocenters. The molecule has 1 aromatic heterocycles. The molecule has 0 spiro atoms. The molecule has 0 saturated heterocycles. The van der Waals surface area contributed by atoms with E-state index in [1.807, 2.05) is 18.2 Å². The van der Waals surface area contributed by atoms with Crippen LogP contribution in [0.1, 0.15) is 29.8 Å². The van der Waals surface area contributed by atoms with Crippen LogP contribution >= 0.6 is 0 Å². The summed E-state index contributed by atoms with van der Waals surface area (Å²) in [4.78, 5) is 40.4. The van der Waals surface area contributed by atoms with E-state index in [1.165, 1.54) is 24.0 Å². The van der Waals surface area contributed by atoms with Gasteiger partial charge in [-0.2, -0.15) is 0 Å². The SMILES string of the molecule is CCOC(=O)N(Cc1ccc2nc(-c3ccc(C(=O)O)cc3)ccc2c1)C(C)C(=O)O. The highest BCUT2D eigenvalue weighted by atomic mass is 16.6. The number of hydrogen-bond acceptors (Lipinski definition) is 5. The smallest absolute Gasteiger partial charge is 0.410 e. The van der Waals surface area contributed by atoms with Crippen molar-refractivity contribution in [1.29, 1.82) is 0 Å². The van der Waals surface area contributed by atoms with Crippen molar-refractivity contribution in [3.8, 4) is 11.3 Å². The van der Waals surface area contributed by atoms with Crippen molar-refractivity contribution in [2.24, 2.45) is 0 Å². The van der Waals surface area contributed by atoms with Crippen LogP contribution in [0.4, 0.5) is 4.79 Å². The highest BCUT2D eigenvalue weighted by Crippen LogP contribution is 2.23. The number of benzene rings is 2. The lowest BCUT2D eigenvalue weighted by Crippen LogP contribution is -2.43. The Balaban J connectivity index is 1.87. The van der Waals surface area contributed by atoms with Crippen LogP contribution in [0.5, 0.6) is 0 Å². The first kappa shape index (κ1) is 21.8. The zero-order valence-corrected chi connectivity index (χ0v) is 17.1. The van der Waals surface area contributed by atoms with Crippen LogP contribution in [0, 0.1) is 0 Å². The van der Waals surface area contributed by atoms with Gasteiger partial charge in [0.2, 0.25) is 0 Å². The van der Waals surface area contributed by atoms with Gasteiger partial charge < -0.3 is 14.9 Å². The van der Waals surface area contributed by atoms with E-state index in [-0.39, 0.29) is 18.7 Å². The van der Waals surface area contributed by atoms with Crippen LogP contribution in [-0.2, 0) is 16.1 Å². The van der Waals surface area contributed by atoms with Crippen LogP contribution in [0.15, 0.2) is 54.6 Å². The van der Waals surface area contributed by atoms with Crippen molar-refractivity contribution in [2.45, 2.75) is 26.4 Å². The molecule has 0 fully saturated rings. The largest absolute Gasteiger partial charge is 0.480 e. The molecule has 160 valence electrons. The molecule has 0 aliphatic heterocycles. The van der Waals surface area contributed by atoms with E-state index in [0.29, 0.717) is 5.69 Å². The number of ether oxygens (including phenoxy) is 1. The third-order valence-corrected chi connectivity index (χ3v) is 4.86. The van der Waals surface area contributed by atoms with Crippen molar-refractivity contribution in [2.75, 3.05) is 6.61 Å². The molecule has 1 amide bonds. The Kier molecular flexibility index (Phi) is 6.49. The van der Waals surface area contributed by atoms with Crippen LogP contribution in [-0.4, -0.2) is 50.8 Å². The topological polar surface area (TPSA) is 117 Å². The number of hydrogen-bond donors (Lipinski definition) is 2. The summed E-state index contributed by atoms with van der Waals surface area (Å²) in [6, 6.07) is 14.6. The molecular formula is C23H22N2O6. The number of amides is 1. The number of aromatic nitrogens is 1. The van der Waals surface area contributed by atoms with Crippen LogP contribution in [0.2, 0.25) is 0 Å². The first-order valence-corrected chi connectivity index (χ1v) is 9.69. The molecule has 0 aliphatic rings. The molecule has 0 bridgehead atoms. The van der Waals surface area contributed by atoms with Gasteiger partial charge in [0.25, 0.3) is 0 Å². The summed E-state index contributed by atoms with van der Waals surface area (Å²) in [6.07, 6.45) is -0.684. The molecule has 3 rings (SSSR count). The van der Waals surface area contributed by atoms with E-state index in [4.69, 9.17) is 9.84 Å². The van der Waals surface area contributed by atoms with Crippen LogP contribution in [0.3, 0.4) is 0 Å². The quantitative estimate of drug-likeness (QED) is 0.590. The number of aromatic carboxylic acids is 1. The van der Waals surface area contributed by atoms with Gasteiger partial charge in [0.05, 0.1) is 23.4 Å². The zero-order valence-electron chi connectivity index (χ0n) is 17.1. The van der Waals surface area contributed by atoms with Crippen LogP contribution < -0.4 is 0 Å². The van der Waals surface area contributed by atoms with Crippen molar-refractivity contribution in [1.82, 2.24) is 9.88 Å². The predicted octanol–water partition coefficient (Wildman–Crippen LogP) is 4.03. The molecule has 0 saturated carbocycles. The minimum atomic E-state index is -1.12. The van der Waals surface area contributed by atoms with Gasteiger partial charge >= 0.3 is 18.0 Å². The fourth-order valence-corrected chi connectivity index (χ4v) is 3.11. The summed E-state index contributed by atoms with van der Waals surface area (Å²) in [6.45, 7) is 3.33. The number of rotatable bonds is 7. The number of aliphatic carboxylic acids is 1. The number of carboxylic acids is 2. The van der Waals surface area contributed by atoms with Gasteiger partial charge in [-0.1, -0.05) is 24.3 Å². The van der Waals surface area contributed by atoms with E-state index < -0.39 is 24.1 Å².